The Bertz CT molecular complexity index is 475. The number of aryl methyl sites for hydroxylation is 1. The first-order valence-electron chi connectivity index (χ1n) is 4.69. The van der Waals surface area contributed by atoms with Crippen LogP contribution in [0.15, 0.2) is 28.7 Å². The molecule has 2 rings (SSSR count). The molecule has 0 aliphatic carbocycles. The summed E-state index contributed by atoms with van der Waals surface area (Å²) in [6, 6.07) is 8.26. The molecular weight excluding hydrogens is 340 g/mol. The zero-order chi connectivity index (χ0) is 11.4. The number of benzene rings is 1. The monoisotopic (exact) mass is 349 g/mol. The number of rotatable bonds is 4. The van der Waals surface area contributed by atoms with Crippen LogP contribution in [0.25, 0.3) is 0 Å². The highest BCUT2D eigenvalue weighted by atomic mass is 127. The molecule has 0 amide bonds. The maximum absolute atomic E-state index is 5.58. The molecule has 0 bridgehead atoms. The fraction of sp³-hybridized carbons (Fsp3) is 0.200. The summed E-state index contributed by atoms with van der Waals surface area (Å²) in [4.78, 5) is 0. The van der Waals surface area contributed by atoms with Gasteiger partial charge in [-0.3, -0.25) is 0 Å². The summed E-state index contributed by atoms with van der Waals surface area (Å²) in [7, 11) is 0. The van der Waals surface area contributed by atoms with Gasteiger partial charge in [-0.25, -0.2) is 0 Å². The highest BCUT2D eigenvalue weighted by Gasteiger charge is 2.06. The van der Waals surface area contributed by atoms with Crippen molar-refractivity contribution in [3.63, 3.8) is 0 Å². The topological polar surface area (TPSA) is 51.0 Å². The second-order valence-corrected chi connectivity index (χ2v) is 4.58. The summed E-state index contributed by atoms with van der Waals surface area (Å²) in [5.41, 5.74) is 0.948. The minimum absolute atomic E-state index is 0.393. The number of alkyl halides is 1. The minimum Gasteiger partial charge on any atom is -0.408 e. The Morgan fingerprint density at radius 3 is 2.88 bits per heavy atom. The molecule has 0 unspecified atom stereocenters. The van der Waals surface area contributed by atoms with Crippen LogP contribution in [0.2, 0.25) is 0 Å². The molecule has 2 aromatic rings. The number of hydrogen-bond acceptors (Lipinski definition) is 4. The zero-order valence-corrected chi connectivity index (χ0v) is 11.2. The lowest BCUT2D eigenvalue weighted by atomic mass is 10.3. The molecule has 1 aromatic heterocycles. The van der Waals surface area contributed by atoms with Gasteiger partial charge in [0.2, 0.25) is 5.89 Å². The van der Waals surface area contributed by atoms with E-state index in [9.17, 15) is 0 Å². The van der Waals surface area contributed by atoms with E-state index in [1.165, 1.54) is 0 Å². The van der Waals surface area contributed by atoms with Crippen LogP contribution in [0, 0.1) is 3.57 Å². The molecule has 0 aliphatic rings. The number of anilines is 2. The number of aromatic nitrogens is 2. The van der Waals surface area contributed by atoms with Crippen LogP contribution >= 0.6 is 34.2 Å². The van der Waals surface area contributed by atoms with Crippen LogP contribution in [-0.4, -0.2) is 16.1 Å². The molecule has 1 N–H and O–H groups in total. The van der Waals surface area contributed by atoms with Crippen molar-refractivity contribution in [2.75, 3.05) is 11.2 Å². The van der Waals surface area contributed by atoms with Crippen molar-refractivity contribution in [1.82, 2.24) is 10.2 Å². The molecule has 16 heavy (non-hydrogen) atoms. The first-order valence-corrected chi connectivity index (χ1v) is 6.31. The summed E-state index contributed by atoms with van der Waals surface area (Å²) >= 11 is 7.82. The Hall–Kier alpha value is -0.820. The van der Waals surface area contributed by atoms with Gasteiger partial charge in [0.15, 0.2) is 0 Å². The molecule has 6 heteroatoms. The summed E-state index contributed by atoms with van der Waals surface area (Å²) < 4.78 is 6.46. The van der Waals surface area contributed by atoms with Gasteiger partial charge in [0.05, 0.1) is 5.69 Å². The van der Waals surface area contributed by atoms with Gasteiger partial charge >= 0.3 is 6.01 Å². The van der Waals surface area contributed by atoms with Crippen molar-refractivity contribution in [3.05, 3.63) is 33.7 Å². The first kappa shape index (κ1) is 11.7. The highest BCUT2D eigenvalue weighted by molar-refractivity contribution is 14.1. The van der Waals surface area contributed by atoms with Gasteiger partial charge in [0.1, 0.15) is 0 Å². The maximum atomic E-state index is 5.58. The molecule has 4 nitrogen and oxygen atoms in total. The summed E-state index contributed by atoms with van der Waals surface area (Å²) in [6.45, 7) is 0. The average molecular weight is 350 g/mol. The number of halogens is 2. The quantitative estimate of drug-likeness (QED) is 0.680. The minimum atomic E-state index is 0.393. The van der Waals surface area contributed by atoms with Crippen molar-refractivity contribution in [1.29, 1.82) is 0 Å². The lowest BCUT2D eigenvalue weighted by Gasteiger charge is -2.02. The van der Waals surface area contributed by atoms with Gasteiger partial charge in [-0.05, 0) is 34.7 Å². The summed E-state index contributed by atoms with van der Waals surface area (Å²) in [5.74, 6) is 1.02. The second kappa shape index (κ2) is 5.49. The normalized spacial score (nSPS) is 10.4. The Morgan fingerprint density at radius 2 is 2.12 bits per heavy atom. The molecule has 0 atom stereocenters. The van der Waals surface area contributed by atoms with E-state index in [4.69, 9.17) is 16.0 Å². The summed E-state index contributed by atoms with van der Waals surface area (Å²) in [5, 5.41) is 10.8. The van der Waals surface area contributed by atoms with Crippen LogP contribution in [0.4, 0.5) is 11.7 Å². The molecule has 0 spiro atoms. The van der Waals surface area contributed by atoms with Gasteiger partial charge in [0.25, 0.3) is 0 Å². The molecule has 84 valence electrons. The van der Waals surface area contributed by atoms with E-state index in [1.54, 1.807) is 0 Å². The molecule has 0 fully saturated rings. The third-order valence-corrected chi connectivity index (χ3v) is 3.02. The average Bonchev–Trinajstić information content (AvgIpc) is 2.70. The summed E-state index contributed by atoms with van der Waals surface area (Å²) in [6.07, 6.45) is 0.585. The molecule has 1 aromatic carbocycles. The van der Waals surface area contributed by atoms with Crippen LogP contribution in [0.3, 0.4) is 0 Å². The van der Waals surface area contributed by atoms with E-state index in [0.29, 0.717) is 24.2 Å². The van der Waals surface area contributed by atoms with E-state index in [1.807, 2.05) is 24.3 Å². The standard InChI is InChI=1S/C10H9ClIN3O/c11-6-5-9-14-15-10(16-9)13-8-4-2-1-3-7(8)12/h1-4H,5-6H2,(H,13,15). The first-order chi connectivity index (χ1) is 7.79. The molecule has 1 heterocycles. The molecule has 0 saturated heterocycles. The largest absolute Gasteiger partial charge is 0.408 e. The highest BCUT2D eigenvalue weighted by Crippen LogP contribution is 2.21. The van der Waals surface area contributed by atoms with Crippen LogP contribution in [0.5, 0.6) is 0 Å². The van der Waals surface area contributed by atoms with Crippen molar-refractivity contribution in [2.24, 2.45) is 0 Å². The van der Waals surface area contributed by atoms with Crippen LogP contribution < -0.4 is 5.32 Å². The van der Waals surface area contributed by atoms with E-state index in [-0.39, 0.29) is 0 Å². The molecule has 0 saturated carbocycles. The Balaban J connectivity index is 2.11. The molecule has 0 radical (unpaired) electrons. The van der Waals surface area contributed by atoms with Crippen LogP contribution in [0.1, 0.15) is 5.89 Å². The predicted octanol–water partition coefficient (Wildman–Crippen LogP) is 3.20. The zero-order valence-electron chi connectivity index (χ0n) is 8.28. The van der Waals surface area contributed by atoms with Crippen molar-refractivity contribution < 1.29 is 4.42 Å². The fourth-order valence-electron chi connectivity index (χ4n) is 1.16. The van der Waals surface area contributed by atoms with Gasteiger partial charge in [0, 0.05) is 15.9 Å². The van der Waals surface area contributed by atoms with E-state index < -0.39 is 0 Å². The predicted molar refractivity (Wildman–Crippen MR) is 71.2 cm³/mol. The number of nitrogens with zero attached hydrogens (tertiary/aromatic N) is 2. The lowest BCUT2D eigenvalue weighted by Crippen LogP contribution is -1.92. The number of nitrogens with one attached hydrogen (secondary N) is 1. The van der Waals surface area contributed by atoms with Gasteiger partial charge in [-0.2, -0.15) is 0 Å². The Kier molecular flexibility index (Phi) is 4.00. The van der Waals surface area contributed by atoms with E-state index in [0.717, 1.165) is 9.26 Å². The Labute approximate surface area is 112 Å². The van der Waals surface area contributed by atoms with Gasteiger partial charge in [-0.1, -0.05) is 17.2 Å². The fourth-order valence-corrected chi connectivity index (χ4v) is 1.85. The van der Waals surface area contributed by atoms with Gasteiger partial charge in [-0.15, -0.1) is 16.7 Å². The third kappa shape index (κ3) is 2.85. The lowest BCUT2D eigenvalue weighted by molar-refractivity contribution is 0.516. The van der Waals surface area contributed by atoms with E-state index >= 15 is 0 Å². The van der Waals surface area contributed by atoms with Crippen molar-refractivity contribution in [2.45, 2.75) is 6.42 Å². The molecule has 0 aliphatic heterocycles. The smallest absolute Gasteiger partial charge is 0.320 e. The number of hydrogen-bond donors (Lipinski definition) is 1. The maximum Gasteiger partial charge on any atom is 0.320 e. The third-order valence-electron chi connectivity index (χ3n) is 1.89. The molecular formula is C10H9ClIN3O. The Morgan fingerprint density at radius 1 is 1.31 bits per heavy atom. The van der Waals surface area contributed by atoms with Crippen LogP contribution in [-0.2, 0) is 6.42 Å². The van der Waals surface area contributed by atoms with Gasteiger partial charge < -0.3 is 9.73 Å². The van der Waals surface area contributed by atoms with Crippen molar-refractivity contribution in [3.8, 4) is 0 Å². The van der Waals surface area contributed by atoms with Crippen molar-refractivity contribution >= 4 is 45.9 Å². The number of para-hydroxylation sites is 1. The second-order valence-electron chi connectivity index (χ2n) is 3.04. The SMILES string of the molecule is ClCCc1nnc(Nc2ccccc2I)o1. The van der Waals surface area contributed by atoms with E-state index in [2.05, 4.69) is 38.1 Å².